The number of ether oxygens (including phenoxy) is 3. The average Bonchev–Trinajstić information content (AvgIpc) is 2.93. The number of methoxy groups -OCH3 is 2. The summed E-state index contributed by atoms with van der Waals surface area (Å²) >= 11 is 0. The summed E-state index contributed by atoms with van der Waals surface area (Å²) in [5.74, 6) is -7.46. The molecule has 1 fully saturated rings. The topological polar surface area (TPSA) is 149 Å². The molecule has 3 amide bonds. The number of amides is 3. The first-order chi connectivity index (χ1) is 20.4. The Bertz CT molecular complexity index is 1280. The molecular weight excluding hydrogens is 554 g/mol. The van der Waals surface area contributed by atoms with E-state index in [2.05, 4.69) is 22.9 Å². The van der Waals surface area contributed by atoms with Crippen LogP contribution in [0.25, 0.3) is 0 Å². The third-order valence-electron chi connectivity index (χ3n) is 7.16. The van der Waals surface area contributed by atoms with Crippen molar-refractivity contribution in [2.45, 2.75) is 52.6 Å². The molecule has 0 spiro atoms. The standard InChI is InChI=1S/C32H41N3O8/c1-7-8-19-9-13-21(14-10-19)34-27(36)23-25(29(38)41-5)24(26(23)30(39)42-6)28(37)35-22-15-11-20(12-16-22)17-18-33-31(40)43-32(2,3)4/h9-16,23-26H,7-8,17-18H2,1-6H3,(H,33,40)(H,34,36)(H,35,37). The van der Waals surface area contributed by atoms with Gasteiger partial charge in [0.1, 0.15) is 5.60 Å². The molecule has 0 aromatic heterocycles. The van der Waals surface area contributed by atoms with E-state index in [0.29, 0.717) is 24.3 Å². The number of hydrogen-bond donors (Lipinski definition) is 3. The summed E-state index contributed by atoms with van der Waals surface area (Å²) in [6.07, 6.45) is 1.91. The summed E-state index contributed by atoms with van der Waals surface area (Å²) < 4.78 is 15.1. The number of esters is 2. The van der Waals surface area contributed by atoms with Gasteiger partial charge in [-0.05, 0) is 69.0 Å². The van der Waals surface area contributed by atoms with E-state index >= 15 is 0 Å². The Labute approximate surface area is 252 Å². The fourth-order valence-electron chi connectivity index (χ4n) is 5.13. The van der Waals surface area contributed by atoms with Crippen LogP contribution in [0.5, 0.6) is 0 Å². The second kappa shape index (κ2) is 14.7. The molecule has 3 rings (SSSR count). The predicted octanol–water partition coefficient (Wildman–Crippen LogP) is 4.11. The van der Waals surface area contributed by atoms with E-state index in [1.54, 1.807) is 57.2 Å². The Morgan fingerprint density at radius 1 is 0.674 bits per heavy atom. The van der Waals surface area contributed by atoms with Crippen molar-refractivity contribution in [3.63, 3.8) is 0 Å². The van der Waals surface area contributed by atoms with Crippen molar-refractivity contribution in [3.8, 4) is 0 Å². The van der Waals surface area contributed by atoms with E-state index in [9.17, 15) is 24.0 Å². The van der Waals surface area contributed by atoms with Gasteiger partial charge in [-0.2, -0.15) is 0 Å². The number of aryl methyl sites for hydroxylation is 1. The molecule has 0 saturated heterocycles. The minimum atomic E-state index is -1.19. The second-order valence-electron chi connectivity index (χ2n) is 11.5. The van der Waals surface area contributed by atoms with E-state index in [0.717, 1.165) is 24.0 Å². The number of rotatable bonds is 11. The quantitative estimate of drug-likeness (QED) is 0.260. The lowest BCUT2D eigenvalue weighted by Gasteiger charge is -2.46. The molecule has 2 unspecified atom stereocenters. The zero-order valence-corrected chi connectivity index (χ0v) is 25.5. The van der Waals surface area contributed by atoms with Crippen LogP contribution >= 0.6 is 0 Å². The van der Waals surface area contributed by atoms with Crippen LogP contribution in [0.2, 0.25) is 0 Å². The van der Waals surface area contributed by atoms with Gasteiger partial charge in [0.25, 0.3) is 0 Å². The minimum absolute atomic E-state index is 0.358. The number of benzene rings is 2. The molecule has 1 saturated carbocycles. The fourth-order valence-corrected chi connectivity index (χ4v) is 5.13. The predicted molar refractivity (Wildman–Crippen MR) is 160 cm³/mol. The lowest BCUT2D eigenvalue weighted by atomic mass is 9.55. The Balaban J connectivity index is 1.69. The zero-order chi connectivity index (χ0) is 31.7. The molecule has 2 aromatic carbocycles. The maximum atomic E-state index is 13.4. The molecule has 1 aliphatic carbocycles. The van der Waals surface area contributed by atoms with Crippen LogP contribution in [0.3, 0.4) is 0 Å². The summed E-state index contributed by atoms with van der Waals surface area (Å²) in [6, 6.07) is 14.2. The molecule has 11 nitrogen and oxygen atoms in total. The minimum Gasteiger partial charge on any atom is -0.469 e. The van der Waals surface area contributed by atoms with Crippen LogP contribution < -0.4 is 16.0 Å². The molecule has 1 aliphatic rings. The third-order valence-corrected chi connectivity index (χ3v) is 7.16. The van der Waals surface area contributed by atoms with Gasteiger partial charge < -0.3 is 30.2 Å². The Kier molecular flexibility index (Phi) is 11.3. The zero-order valence-electron chi connectivity index (χ0n) is 25.5. The van der Waals surface area contributed by atoms with Gasteiger partial charge in [0.05, 0.1) is 37.9 Å². The molecule has 0 heterocycles. The van der Waals surface area contributed by atoms with Crippen LogP contribution in [0.1, 0.15) is 45.2 Å². The second-order valence-corrected chi connectivity index (χ2v) is 11.5. The molecule has 232 valence electrons. The van der Waals surface area contributed by atoms with E-state index in [1.807, 2.05) is 12.1 Å². The molecule has 2 aromatic rings. The van der Waals surface area contributed by atoms with Crippen LogP contribution in [-0.2, 0) is 46.2 Å². The first-order valence-electron chi connectivity index (χ1n) is 14.3. The van der Waals surface area contributed by atoms with Gasteiger partial charge in [0, 0.05) is 17.9 Å². The van der Waals surface area contributed by atoms with Gasteiger partial charge in [0.2, 0.25) is 11.8 Å². The van der Waals surface area contributed by atoms with Crippen molar-refractivity contribution in [1.29, 1.82) is 0 Å². The lowest BCUT2D eigenvalue weighted by Crippen LogP contribution is -2.62. The van der Waals surface area contributed by atoms with Crippen molar-refractivity contribution in [1.82, 2.24) is 5.32 Å². The molecular formula is C32H41N3O8. The molecule has 0 radical (unpaired) electrons. The van der Waals surface area contributed by atoms with Gasteiger partial charge in [-0.15, -0.1) is 0 Å². The van der Waals surface area contributed by atoms with Crippen molar-refractivity contribution < 1.29 is 38.2 Å². The van der Waals surface area contributed by atoms with Gasteiger partial charge in [-0.25, -0.2) is 4.79 Å². The number of carbonyl (C=O) groups excluding carboxylic acids is 5. The van der Waals surface area contributed by atoms with Crippen LogP contribution in [0.15, 0.2) is 48.5 Å². The van der Waals surface area contributed by atoms with Crippen LogP contribution in [-0.4, -0.2) is 56.2 Å². The van der Waals surface area contributed by atoms with E-state index in [4.69, 9.17) is 14.2 Å². The molecule has 0 bridgehead atoms. The van der Waals surface area contributed by atoms with E-state index in [-0.39, 0.29) is 0 Å². The summed E-state index contributed by atoms with van der Waals surface area (Å²) in [7, 11) is 2.33. The van der Waals surface area contributed by atoms with Crippen LogP contribution in [0, 0.1) is 23.7 Å². The SMILES string of the molecule is CCCc1ccc(NC(=O)C2C(C(=O)OC)C(C(=O)Nc3ccc(CCNC(=O)OC(C)(C)C)cc3)C2C(=O)OC)cc1. The largest absolute Gasteiger partial charge is 0.469 e. The average molecular weight is 596 g/mol. The summed E-state index contributed by atoms with van der Waals surface area (Å²) in [5.41, 5.74) is 2.37. The highest BCUT2D eigenvalue weighted by atomic mass is 16.6. The highest BCUT2D eigenvalue weighted by Crippen LogP contribution is 2.48. The van der Waals surface area contributed by atoms with Crippen molar-refractivity contribution >= 4 is 41.2 Å². The molecule has 0 aliphatic heterocycles. The summed E-state index contributed by atoms with van der Waals surface area (Å²) in [4.78, 5) is 64.2. The first kappa shape index (κ1) is 33.1. The molecule has 11 heteroatoms. The Morgan fingerprint density at radius 2 is 1.09 bits per heavy atom. The van der Waals surface area contributed by atoms with E-state index in [1.165, 1.54) is 14.2 Å². The van der Waals surface area contributed by atoms with Gasteiger partial charge >= 0.3 is 18.0 Å². The summed E-state index contributed by atoms with van der Waals surface area (Å²) in [6.45, 7) is 7.78. The number of nitrogens with one attached hydrogen (secondary N) is 3. The van der Waals surface area contributed by atoms with Crippen LogP contribution in [0.4, 0.5) is 16.2 Å². The Hall–Kier alpha value is -4.41. The smallest absolute Gasteiger partial charge is 0.407 e. The Morgan fingerprint density at radius 3 is 1.47 bits per heavy atom. The monoisotopic (exact) mass is 595 g/mol. The first-order valence-corrected chi connectivity index (χ1v) is 14.3. The molecule has 3 N–H and O–H groups in total. The number of anilines is 2. The fraction of sp³-hybridized carbons (Fsp3) is 0.469. The highest BCUT2D eigenvalue weighted by molar-refractivity contribution is 6.06. The van der Waals surface area contributed by atoms with Gasteiger partial charge in [-0.1, -0.05) is 37.6 Å². The molecule has 2 atom stereocenters. The lowest BCUT2D eigenvalue weighted by molar-refractivity contribution is -0.181. The summed E-state index contributed by atoms with van der Waals surface area (Å²) in [5, 5.41) is 8.19. The van der Waals surface area contributed by atoms with Gasteiger partial charge in [-0.3, -0.25) is 19.2 Å². The van der Waals surface area contributed by atoms with Gasteiger partial charge in [0.15, 0.2) is 0 Å². The highest BCUT2D eigenvalue weighted by Gasteiger charge is 2.64. The van der Waals surface area contributed by atoms with Crippen molar-refractivity contribution in [3.05, 3.63) is 59.7 Å². The number of alkyl carbamates (subject to hydrolysis) is 1. The maximum absolute atomic E-state index is 13.4. The third kappa shape index (κ3) is 8.79. The maximum Gasteiger partial charge on any atom is 0.407 e. The van der Waals surface area contributed by atoms with Crippen molar-refractivity contribution in [2.24, 2.45) is 23.7 Å². The van der Waals surface area contributed by atoms with E-state index < -0.39 is 59.1 Å². The number of hydrogen-bond acceptors (Lipinski definition) is 8. The van der Waals surface area contributed by atoms with Crippen molar-refractivity contribution in [2.75, 3.05) is 31.4 Å². The normalized spacial score (nSPS) is 19.3. The molecule has 43 heavy (non-hydrogen) atoms. The number of carbonyl (C=O) groups is 5.